The van der Waals surface area contributed by atoms with Crippen LogP contribution < -0.4 is 0 Å². The van der Waals surface area contributed by atoms with Gasteiger partial charge in [0.15, 0.2) is 5.78 Å². The van der Waals surface area contributed by atoms with Crippen LogP contribution in [0.1, 0.15) is 96.8 Å². The molecule has 0 bridgehead atoms. The highest BCUT2D eigenvalue weighted by atomic mass is 16.1. The molecule has 0 aliphatic heterocycles. The Bertz CT molecular complexity index is 340. The Morgan fingerprint density at radius 3 is 2.30 bits per heavy atom. The molecule has 0 saturated heterocycles. The van der Waals surface area contributed by atoms with E-state index in [1.54, 1.807) is 5.57 Å². The van der Waals surface area contributed by atoms with E-state index < -0.39 is 0 Å². The van der Waals surface area contributed by atoms with Crippen molar-refractivity contribution in [1.29, 1.82) is 0 Å². The molecule has 1 unspecified atom stereocenters. The lowest BCUT2D eigenvalue weighted by Gasteiger charge is -2.16. The molecule has 2 aliphatic rings. The molecule has 20 heavy (non-hydrogen) atoms. The summed E-state index contributed by atoms with van der Waals surface area (Å²) < 4.78 is 0. The molecule has 1 atom stereocenters. The third-order valence-electron chi connectivity index (χ3n) is 5.18. The summed E-state index contributed by atoms with van der Waals surface area (Å²) in [4.78, 5) is 12.3. The van der Waals surface area contributed by atoms with Gasteiger partial charge in [0.2, 0.25) is 0 Å². The predicted octanol–water partition coefficient (Wildman–Crippen LogP) is 5.98. The molecule has 114 valence electrons. The van der Waals surface area contributed by atoms with E-state index in [2.05, 4.69) is 6.92 Å². The van der Waals surface area contributed by atoms with E-state index in [9.17, 15) is 4.79 Å². The second-order valence-electron chi connectivity index (χ2n) is 6.80. The zero-order valence-electron chi connectivity index (χ0n) is 13.4. The van der Waals surface area contributed by atoms with Crippen LogP contribution in [0, 0.1) is 5.92 Å². The van der Waals surface area contributed by atoms with Gasteiger partial charge in [0.1, 0.15) is 0 Å². The Hall–Kier alpha value is -0.590. The summed E-state index contributed by atoms with van der Waals surface area (Å²) in [6.07, 6.45) is 17.8. The van der Waals surface area contributed by atoms with Crippen LogP contribution in [0.3, 0.4) is 0 Å². The first-order chi connectivity index (χ1) is 9.83. The van der Waals surface area contributed by atoms with Crippen molar-refractivity contribution in [2.45, 2.75) is 96.8 Å². The quantitative estimate of drug-likeness (QED) is 0.620. The highest BCUT2D eigenvalue weighted by Crippen LogP contribution is 2.38. The maximum absolute atomic E-state index is 12.3. The largest absolute Gasteiger partial charge is 0.295 e. The molecule has 2 rings (SSSR count). The Labute approximate surface area is 125 Å². The zero-order valence-corrected chi connectivity index (χ0v) is 13.4. The second kappa shape index (κ2) is 8.64. The van der Waals surface area contributed by atoms with Crippen molar-refractivity contribution in [3.8, 4) is 0 Å². The van der Waals surface area contributed by atoms with Gasteiger partial charge < -0.3 is 0 Å². The minimum atomic E-state index is 0.494. The van der Waals surface area contributed by atoms with Crippen molar-refractivity contribution in [3.05, 3.63) is 11.1 Å². The Morgan fingerprint density at radius 2 is 1.60 bits per heavy atom. The molecule has 1 fully saturated rings. The van der Waals surface area contributed by atoms with Crippen LogP contribution in [0.4, 0.5) is 0 Å². The third-order valence-corrected chi connectivity index (χ3v) is 5.18. The Morgan fingerprint density at radius 1 is 0.950 bits per heavy atom. The summed E-state index contributed by atoms with van der Waals surface area (Å²) in [5, 5.41) is 0. The van der Waals surface area contributed by atoms with Gasteiger partial charge >= 0.3 is 0 Å². The van der Waals surface area contributed by atoms with Crippen LogP contribution in [-0.4, -0.2) is 5.78 Å². The van der Waals surface area contributed by atoms with Gasteiger partial charge in [-0.1, -0.05) is 63.9 Å². The van der Waals surface area contributed by atoms with Crippen LogP contribution in [0.5, 0.6) is 0 Å². The van der Waals surface area contributed by atoms with E-state index in [4.69, 9.17) is 0 Å². The molecule has 1 saturated carbocycles. The van der Waals surface area contributed by atoms with Gasteiger partial charge in [0.25, 0.3) is 0 Å². The van der Waals surface area contributed by atoms with Gasteiger partial charge in [-0.05, 0) is 43.6 Å². The molecule has 2 aliphatic carbocycles. The summed E-state index contributed by atoms with van der Waals surface area (Å²) in [6, 6.07) is 0. The smallest absolute Gasteiger partial charge is 0.159 e. The number of carbonyl (C=O) groups is 1. The number of allylic oxidation sites excluding steroid dienone is 2. The number of ketones is 1. The van der Waals surface area contributed by atoms with Crippen LogP contribution in [-0.2, 0) is 4.79 Å². The lowest BCUT2D eigenvalue weighted by Crippen LogP contribution is -2.02. The summed E-state index contributed by atoms with van der Waals surface area (Å²) in [5.41, 5.74) is 2.85. The SMILES string of the molecule is CCCCC1=C2CCCCCCCCCCC2CC1=O. The number of unbranched alkanes of at least 4 members (excludes halogenated alkanes) is 1. The maximum atomic E-state index is 12.3. The lowest BCUT2D eigenvalue weighted by molar-refractivity contribution is -0.115. The van der Waals surface area contributed by atoms with Crippen molar-refractivity contribution in [3.63, 3.8) is 0 Å². The highest BCUT2D eigenvalue weighted by Gasteiger charge is 2.30. The van der Waals surface area contributed by atoms with Crippen molar-refractivity contribution >= 4 is 5.78 Å². The van der Waals surface area contributed by atoms with Gasteiger partial charge in [-0.25, -0.2) is 0 Å². The Kier molecular flexibility index (Phi) is 6.82. The van der Waals surface area contributed by atoms with Crippen LogP contribution >= 0.6 is 0 Å². The molecule has 0 spiro atoms. The third kappa shape index (κ3) is 4.46. The maximum Gasteiger partial charge on any atom is 0.159 e. The monoisotopic (exact) mass is 276 g/mol. The second-order valence-corrected chi connectivity index (χ2v) is 6.80. The Balaban J connectivity index is 2.03. The van der Waals surface area contributed by atoms with Crippen LogP contribution in [0.2, 0.25) is 0 Å². The molecule has 0 radical (unpaired) electrons. The topological polar surface area (TPSA) is 17.1 Å². The number of fused-ring (bicyclic) bond motifs is 1. The molecule has 0 heterocycles. The summed E-state index contributed by atoms with van der Waals surface area (Å²) in [6.45, 7) is 2.23. The number of hydrogen-bond acceptors (Lipinski definition) is 1. The van der Waals surface area contributed by atoms with E-state index in [1.807, 2.05) is 0 Å². The number of carbonyl (C=O) groups excluding carboxylic acids is 1. The zero-order chi connectivity index (χ0) is 14.2. The standard InChI is InChI=1S/C19H32O/c1-2-3-13-18-17-14-11-9-7-5-4-6-8-10-12-16(17)15-19(18)20/h16H,2-15H2,1H3. The molecular weight excluding hydrogens is 244 g/mol. The minimum absolute atomic E-state index is 0.494. The fourth-order valence-electron chi connectivity index (χ4n) is 3.95. The van der Waals surface area contributed by atoms with E-state index in [0.29, 0.717) is 11.7 Å². The molecule has 0 aromatic heterocycles. The van der Waals surface area contributed by atoms with Gasteiger partial charge in [0.05, 0.1) is 0 Å². The van der Waals surface area contributed by atoms with Crippen molar-refractivity contribution in [1.82, 2.24) is 0 Å². The number of hydrogen-bond donors (Lipinski definition) is 0. The average molecular weight is 276 g/mol. The fraction of sp³-hybridized carbons (Fsp3) is 0.842. The molecule has 0 N–H and O–H groups in total. The normalized spacial score (nSPS) is 26.1. The average Bonchev–Trinajstić information content (AvgIpc) is 2.72. The summed E-state index contributed by atoms with van der Waals surface area (Å²) in [7, 11) is 0. The molecule has 0 aromatic rings. The molecule has 1 heteroatoms. The van der Waals surface area contributed by atoms with Crippen molar-refractivity contribution < 1.29 is 4.79 Å². The van der Waals surface area contributed by atoms with Crippen molar-refractivity contribution in [2.75, 3.05) is 0 Å². The first-order valence-corrected chi connectivity index (χ1v) is 9.08. The summed E-state index contributed by atoms with van der Waals surface area (Å²) in [5.74, 6) is 1.11. The lowest BCUT2D eigenvalue weighted by atomic mass is 9.89. The number of rotatable bonds is 3. The molecule has 0 amide bonds. The van der Waals surface area contributed by atoms with E-state index >= 15 is 0 Å². The molecule has 0 aromatic carbocycles. The highest BCUT2D eigenvalue weighted by molar-refractivity contribution is 5.99. The van der Waals surface area contributed by atoms with Crippen LogP contribution in [0.25, 0.3) is 0 Å². The first kappa shape index (κ1) is 15.8. The minimum Gasteiger partial charge on any atom is -0.295 e. The van der Waals surface area contributed by atoms with Gasteiger partial charge in [-0.15, -0.1) is 0 Å². The van der Waals surface area contributed by atoms with E-state index in [0.717, 1.165) is 12.8 Å². The summed E-state index contributed by atoms with van der Waals surface area (Å²) >= 11 is 0. The number of Topliss-reactive ketones (excluding diaryl/α,β-unsaturated/α-hetero) is 1. The predicted molar refractivity (Wildman–Crippen MR) is 85.8 cm³/mol. The van der Waals surface area contributed by atoms with E-state index in [-0.39, 0.29) is 0 Å². The van der Waals surface area contributed by atoms with Crippen LogP contribution in [0.15, 0.2) is 11.1 Å². The van der Waals surface area contributed by atoms with Crippen molar-refractivity contribution in [2.24, 2.45) is 5.92 Å². The fourth-order valence-corrected chi connectivity index (χ4v) is 3.95. The van der Waals surface area contributed by atoms with Gasteiger partial charge in [0, 0.05) is 6.42 Å². The first-order valence-electron chi connectivity index (χ1n) is 9.08. The molecular formula is C19H32O. The molecule has 1 nitrogen and oxygen atoms in total. The van der Waals surface area contributed by atoms with E-state index in [1.165, 1.54) is 82.6 Å². The van der Waals surface area contributed by atoms with Gasteiger partial charge in [-0.3, -0.25) is 4.79 Å². The van der Waals surface area contributed by atoms with Gasteiger partial charge in [-0.2, -0.15) is 0 Å².